The van der Waals surface area contributed by atoms with Gasteiger partial charge in [0.25, 0.3) is 0 Å². The number of halogens is 1. The smallest absolute Gasteiger partial charge is 0.123 e. The fourth-order valence-corrected chi connectivity index (χ4v) is 2.09. The lowest BCUT2D eigenvalue weighted by atomic mass is 9.94. The van der Waals surface area contributed by atoms with Crippen molar-refractivity contribution in [2.24, 2.45) is 5.92 Å². The first-order chi connectivity index (χ1) is 7.84. The van der Waals surface area contributed by atoms with Crippen molar-refractivity contribution in [3.63, 3.8) is 0 Å². The van der Waals surface area contributed by atoms with Crippen molar-refractivity contribution in [3.8, 4) is 0 Å². The largest absolute Gasteiger partial charge is 0.317 e. The van der Waals surface area contributed by atoms with Gasteiger partial charge in [-0.05, 0) is 56.0 Å². The predicted octanol–water partition coefficient (Wildman–Crippen LogP) is 3.23. The molecular weight excluding hydrogens is 201 g/mol. The number of rotatable bonds is 3. The molecule has 0 aliphatic carbocycles. The van der Waals surface area contributed by atoms with Crippen molar-refractivity contribution in [1.82, 2.24) is 5.32 Å². The predicted molar refractivity (Wildman–Crippen MR) is 65.6 cm³/mol. The Morgan fingerprint density at radius 3 is 2.56 bits per heavy atom. The Kier molecular flexibility index (Phi) is 4.11. The van der Waals surface area contributed by atoms with Crippen molar-refractivity contribution in [2.45, 2.75) is 19.3 Å². The average Bonchev–Trinajstić information content (AvgIpc) is 2.33. The van der Waals surface area contributed by atoms with Crippen LogP contribution >= 0.6 is 0 Å². The van der Waals surface area contributed by atoms with Gasteiger partial charge in [0, 0.05) is 0 Å². The first kappa shape index (κ1) is 11.3. The molecule has 1 aliphatic rings. The zero-order valence-corrected chi connectivity index (χ0v) is 9.45. The summed E-state index contributed by atoms with van der Waals surface area (Å²) in [6.07, 6.45) is 7.98. The third-order valence-electron chi connectivity index (χ3n) is 3.11. The second kappa shape index (κ2) is 5.80. The first-order valence-electron chi connectivity index (χ1n) is 5.97. The molecule has 1 aromatic rings. The van der Waals surface area contributed by atoms with Gasteiger partial charge in [0.1, 0.15) is 5.82 Å². The van der Waals surface area contributed by atoms with E-state index in [0.29, 0.717) is 0 Å². The summed E-state index contributed by atoms with van der Waals surface area (Å²) < 4.78 is 12.7. The maximum atomic E-state index is 12.7. The molecule has 1 heterocycles. The first-order valence-corrected chi connectivity index (χ1v) is 5.97. The van der Waals surface area contributed by atoms with Crippen molar-refractivity contribution >= 4 is 6.08 Å². The summed E-state index contributed by atoms with van der Waals surface area (Å²) in [5.41, 5.74) is 1.08. The molecule has 0 bridgehead atoms. The third kappa shape index (κ3) is 3.46. The van der Waals surface area contributed by atoms with Crippen LogP contribution in [0.5, 0.6) is 0 Å². The van der Waals surface area contributed by atoms with Crippen LogP contribution in [0.4, 0.5) is 4.39 Å². The van der Waals surface area contributed by atoms with Crippen LogP contribution in [0.15, 0.2) is 30.3 Å². The van der Waals surface area contributed by atoms with Gasteiger partial charge >= 0.3 is 0 Å². The summed E-state index contributed by atoms with van der Waals surface area (Å²) in [6.45, 7) is 2.30. The number of benzene rings is 1. The second-order valence-corrected chi connectivity index (χ2v) is 4.38. The highest BCUT2D eigenvalue weighted by Crippen LogP contribution is 2.17. The van der Waals surface area contributed by atoms with E-state index in [-0.39, 0.29) is 5.82 Å². The van der Waals surface area contributed by atoms with E-state index in [9.17, 15) is 4.39 Å². The van der Waals surface area contributed by atoms with Crippen molar-refractivity contribution in [3.05, 3.63) is 41.7 Å². The molecule has 1 N–H and O–H groups in total. The highest BCUT2D eigenvalue weighted by Gasteiger charge is 2.10. The molecule has 0 unspecified atom stereocenters. The zero-order chi connectivity index (χ0) is 11.2. The van der Waals surface area contributed by atoms with E-state index in [2.05, 4.69) is 17.5 Å². The van der Waals surface area contributed by atoms with Gasteiger partial charge in [0.15, 0.2) is 0 Å². The molecule has 0 saturated carbocycles. The van der Waals surface area contributed by atoms with E-state index in [1.54, 1.807) is 0 Å². The SMILES string of the molecule is Fc1ccc(C=CCC2CCNCC2)cc1. The van der Waals surface area contributed by atoms with Gasteiger partial charge in [-0.2, -0.15) is 0 Å². The zero-order valence-electron chi connectivity index (χ0n) is 9.45. The van der Waals surface area contributed by atoms with Crippen LogP contribution in [0.25, 0.3) is 6.08 Å². The van der Waals surface area contributed by atoms with Gasteiger partial charge in [0.2, 0.25) is 0 Å². The number of hydrogen-bond acceptors (Lipinski definition) is 1. The summed E-state index contributed by atoms with van der Waals surface area (Å²) in [4.78, 5) is 0. The molecule has 0 spiro atoms. The number of nitrogens with one attached hydrogen (secondary N) is 1. The van der Waals surface area contributed by atoms with Gasteiger partial charge in [-0.25, -0.2) is 4.39 Å². The molecule has 1 fully saturated rings. The van der Waals surface area contributed by atoms with Crippen LogP contribution in [0.2, 0.25) is 0 Å². The molecule has 1 saturated heterocycles. The summed E-state index contributed by atoms with van der Waals surface area (Å²) in [5, 5.41) is 3.36. The molecule has 1 nitrogen and oxygen atoms in total. The van der Waals surface area contributed by atoms with E-state index >= 15 is 0 Å². The Balaban J connectivity index is 1.82. The van der Waals surface area contributed by atoms with Gasteiger partial charge < -0.3 is 5.32 Å². The quantitative estimate of drug-likeness (QED) is 0.823. The monoisotopic (exact) mass is 219 g/mol. The minimum Gasteiger partial charge on any atom is -0.317 e. The van der Waals surface area contributed by atoms with Crippen LogP contribution in [-0.4, -0.2) is 13.1 Å². The maximum absolute atomic E-state index is 12.7. The van der Waals surface area contributed by atoms with Gasteiger partial charge in [-0.1, -0.05) is 24.3 Å². The van der Waals surface area contributed by atoms with Gasteiger partial charge in [-0.15, -0.1) is 0 Å². The van der Waals surface area contributed by atoms with Crippen LogP contribution in [0.1, 0.15) is 24.8 Å². The molecule has 0 radical (unpaired) electrons. The Morgan fingerprint density at radius 2 is 1.88 bits per heavy atom. The lowest BCUT2D eigenvalue weighted by molar-refractivity contribution is 0.378. The lowest BCUT2D eigenvalue weighted by Gasteiger charge is -2.20. The maximum Gasteiger partial charge on any atom is 0.123 e. The van der Waals surface area contributed by atoms with E-state index in [4.69, 9.17) is 0 Å². The molecule has 86 valence electrons. The topological polar surface area (TPSA) is 12.0 Å². The number of allylic oxidation sites excluding steroid dienone is 1. The van der Waals surface area contributed by atoms with Crippen LogP contribution in [-0.2, 0) is 0 Å². The van der Waals surface area contributed by atoms with Crippen molar-refractivity contribution in [1.29, 1.82) is 0 Å². The van der Waals surface area contributed by atoms with Crippen molar-refractivity contribution < 1.29 is 4.39 Å². The van der Waals surface area contributed by atoms with Crippen molar-refractivity contribution in [2.75, 3.05) is 13.1 Å². The number of hydrogen-bond donors (Lipinski definition) is 1. The molecule has 0 amide bonds. The highest BCUT2D eigenvalue weighted by molar-refractivity contribution is 5.48. The van der Waals surface area contributed by atoms with E-state index < -0.39 is 0 Å². The Bertz CT molecular complexity index is 336. The fraction of sp³-hybridized carbons (Fsp3) is 0.429. The van der Waals surface area contributed by atoms with E-state index in [1.807, 2.05) is 12.1 Å². The minimum absolute atomic E-state index is 0.171. The third-order valence-corrected chi connectivity index (χ3v) is 3.11. The molecule has 16 heavy (non-hydrogen) atoms. The summed E-state index contributed by atoms with van der Waals surface area (Å²) in [5.74, 6) is 0.647. The summed E-state index contributed by atoms with van der Waals surface area (Å²) in [7, 11) is 0. The standard InChI is InChI=1S/C14H18FN/c15-14-6-4-12(5-7-14)2-1-3-13-8-10-16-11-9-13/h1-2,4-7,13,16H,3,8-11H2. The molecular formula is C14H18FN. The average molecular weight is 219 g/mol. The molecule has 2 heteroatoms. The fourth-order valence-electron chi connectivity index (χ4n) is 2.09. The van der Waals surface area contributed by atoms with Crippen LogP contribution in [0.3, 0.4) is 0 Å². The minimum atomic E-state index is -0.171. The van der Waals surface area contributed by atoms with E-state index in [1.165, 1.54) is 25.0 Å². The van der Waals surface area contributed by atoms with Crippen LogP contribution in [0, 0.1) is 11.7 Å². The van der Waals surface area contributed by atoms with Gasteiger partial charge in [0.05, 0.1) is 0 Å². The normalized spacial score (nSPS) is 18.1. The Labute approximate surface area is 96.4 Å². The number of piperidine rings is 1. The molecule has 2 rings (SSSR count). The lowest BCUT2D eigenvalue weighted by Crippen LogP contribution is -2.27. The molecule has 0 atom stereocenters. The summed E-state index contributed by atoms with van der Waals surface area (Å²) >= 11 is 0. The molecule has 0 aromatic heterocycles. The molecule has 1 aromatic carbocycles. The molecule has 1 aliphatic heterocycles. The van der Waals surface area contributed by atoms with E-state index in [0.717, 1.165) is 31.0 Å². The van der Waals surface area contributed by atoms with Crippen LogP contribution < -0.4 is 5.32 Å². The second-order valence-electron chi connectivity index (χ2n) is 4.38. The Hall–Kier alpha value is -1.15. The van der Waals surface area contributed by atoms with Gasteiger partial charge in [-0.3, -0.25) is 0 Å². The highest BCUT2D eigenvalue weighted by atomic mass is 19.1. The summed E-state index contributed by atoms with van der Waals surface area (Å²) in [6, 6.07) is 6.64. The Morgan fingerprint density at radius 1 is 1.19 bits per heavy atom.